The summed E-state index contributed by atoms with van der Waals surface area (Å²) in [5.74, 6) is 0.252. The van der Waals surface area contributed by atoms with Crippen molar-refractivity contribution in [3.8, 4) is 17.1 Å². The number of halogens is 1. The van der Waals surface area contributed by atoms with Gasteiger partial charge in [0, 0.05) is 5.56 Å². The Morgan fingerprint density at radius 1 is 1.12 bits per heavy atom. The summed E-state index contributed by atoms with van der Waals surface area (Å²) in [4.78, 5) is 8.36. The molecule has 2 rings (SSSR count). The van der Waals surface area contributed by atoms with E-state index in [2.05, 4.69) is 9.97 Å². The maximum atomic E-state index is 12.7. The molecule has 1 heterocycles. The van der Waals surface area contributed by atoms with E-state index in [0.717, 1.165) is 12.0 Å². The highest BCUT2D eigenvalue weighted by molar-refractivity contribution is 5.57. The van der Waals surface area contributed by atoms with Crippen LogP contribution in [0.5, 0.6) is 5.88 Å². The van der Waals surface area contributed by atoms with Crippen molar-refractivity contribution in [1.82, 2.24) is 9.97 Å². The molecule has 0 saturated heterocycles. The molecule has 0 radical (unpaired) electrons. The first-order valence-electron chi connectivity index (χ1n) is 5.50. The maximum Gasteiger partial charge on any atom is 0.232 e. The van der Waals surface area contributed by atoms with Crippen molar-refractivity contribution in [2.45, 2.75) is 13.3 Å². The molecule has 88 valence electrons. The van der Waals surface area contributed by atoms with Gasteiger partial charge in [-0.15, -0.1) is 0 Å². The van der Waals surface area contributed by atoms with E-state index < -0.39 is 0 Å². The van der Waals surface area contributed by atoms with E-state index in [4.69, 9.17) is 4.74 Å². The Labute approximate surface area is 99.3 Å². The van der Waals surface area contributed by atoms with Gasteiger partial charge in [0.2, 0.25) is 5.88 Å². The Hall–Kier alpha value is -1.97. The van der Waals surface area contributed by atoms with Crippen LogP contribution < -0.4 is 4.74 Å². The minimum atomic E-state index is -0.260. The van der Waals surface area contributed by atoms with E-state index in [1.165, 1.54) is 12.1 Å². The molecule has 0 atom stereocenters. The number of hydrogen-bond donors (Lipinski definition) is 0. The van der Waals surface area contributed by atoms with Crippen LogP contribution in [0, 0.1) is 5.82 Å². The van der Waals surface area contributed by atoms with Gasteiger partial charge in [-0.25, -0.2) is 14.4 Å². The molecular formula is C13H13FN2O. The van der Waals surface area contributed by atoms with E-state index in [9.17, 15) is 4.39 Å². The maximum absolute atomic E-state index is 12.7. The Bertz CT molecular complexity index is 468. The van der Waals surface area contributed by atoms with Crippen LogP contribution in [0.2, 0.25) is 0 Å². The van der Waals surface area contributed by atoms with Crippen LogP contribution in [0.25, 0.3) is 11.3 Å². The van der Waals surface area contributed by atoms with Crippen molar-refractivity contribution in [1.29, 1.82) is 0 Å². The van der Waals surface area contributed by atoms with Crippen molar-refractivity contribution in [3.05, 3.63) is 42.5 Å². The fraction of sp³-hybridized carbons (Fsp3) is 0.231. The first-order valence-corrected chi connectivity index (χ1v) is 5.50. The molecule has 0 unspecified atom stereocenters. The number of ether oxygens (including phenoxy) is 1. The lowest BCUT2D eigenvalue weighted by atomic mass is 10.2. The van der Waals surface area contributed by atoms with Gasteiger partial charge in [0.15, 0.2) is 0 Å². The topological polar surface area (TPSA) is 35.0 Å². The third-order valence-electron chi connectivity index (χ3n) is 2.22. The number of benzene rings is 1. The highest BCUT2D eigenvalue weighted by Gasteiger charge is 2.01. The summed E-state index contributed by atoms with van der Waals surface area (Å²) in [6.07, 6.45) is 4.13. The summed E-state index contributed by atoms with van der Waals surface area (Å²) in [6.45, 7) is 2.66. The molecular weight excluding hydrogens is 219 g/mol. The van der Waals surface area contributed by atoms with Gasteiger partial charge in [0.1, 0.15) is 5.82 Å². The molecule has 1 aromatic heterocycles. The first kappa shape index (κ1) is 11.5. The van der Waals surface area contributed by atoms with Crippen molar-refractivity contribution < 1.29 is 9.13 Å². The zero-order chi connectivity index (χ0) is 12.1. The van der Waals surface area contributed by atoms with Gasteiger partial charge in [0.05, 0.1) is 24.7 Å². The predicted molar refractivity (Wildman–Crippen MR) is 63.2 cm³/mol. The number of nitrogens with zero attached hydrogens (tertiary/aromatic N) is 2. The van der Waals surface area contributed by atoms with Crippen LogP contribution >= 0.6 is 0 Å². The summed E-state index contributed by atoms with van der Waals surface area (Å²) < 4.78 is 18.1. The lowest BCUT2D eigenvalue weighted by Crippen LogP contribution is -1.98. The van der Waals surface area contributed by atoms with E-state index >= 15 is 0 Å². The van der Waals surface area contributed by atoms with E-state index in [1.54, 1.807) is 24.5 Å². The van der Waals surface area contributed by atoms with Gasteiger partial charge in [0.25, 0.3) is 0 Å². The fourth-order valence-electron chi connectivity index (χ4n) is 1.37. The Morgan fingerprint density at radius 3 is 2.47 bits per heavy atom. The van der Waals surface area contributed by atoms with Crippen LogP contribution in [-0.4, -0.2) is 16.6 Å². The summed E-state index contributed by atoms with van der Waals surface area (Å²) in [5.41, 5.74) is 1.54. The number of hydrogen-bond acceptors (Lipinski definition) is 3. The molecule has 0 N–H and O–H groups in total. The number of rotatable bonds is 4. The molecule has 0 fully saturated rings. The molecule has 0 saturated carbocycles. The Morgan fingerprint density at radius 2 is 1.88 bits per heavy atom. The zero-order valence-electron chi connectivity index (χ0n) is 9.56. The molecule has 17 heavy (non-hydrogen) atoms. The second-order valence-corrected chi connectivity index (χ2v) is 3.60. The van der Waals surface area contributed by atoms with Gasteiger partial charge in [-0.2, -0.15) is 0 Å². The molecule has 0 amide bonds. The minimum Gasteiger partial charge on any atom is -0.477 e. The lowest BCUT2D eigenvalue weighted by molar-refractivity contribution is 0.304. The average molecular weight is 232 g/mol. The quantitative estimate of drug-likeness (QED) is 0.812. The standard InChI is InChI=1S/C13H13FN2O/c1-2-7-17-13-9-15-12(8-16-13)10-3-5-11(14)6-4-10/h3-6,8-9H,2,7H2,1H3. The van der Waals surface area contributed by atoms with Crippen molar-refractivity contribution >= 4 is 0 Å². The third-order valence-corrected chi connectivity index (χ3v) is 2.22. The second-order valence-electron chi connectivity index (χ2n) is 3.60. The van der Waals surface area contributed by atoms with Crippen LogP contribution in [-0.2, 0) is 0 Å². The van der Waals surface area contributed by atoms with Crippen molar-refractivity contribution in [3.63, 3.8) is 0 Å². The van der Waals surface area contributed by atoms with E-state index in [1.807, 2.05) is 6.92 Å². The van der Waals surface area contributed by atoms with E-state index in [0.29, 0.717) is 18.2 Å². The average Bonchev–Trinajstić information content (AvgIpc) is 2.38. The molecule has 0 bridgehead atoms. The second kappa shape index (κ2) is 5.39. The lowest BCUT2D eigenvalue weighted by Gasteiger charge is -2.04. The molecule has 2 aromatic rings. The fourth-order valence-corrected chi connectivity index (χ4v) is 1.37. The molecule has 0 aliphatic carbocycles. The number of aromatic nitrogens is 2. The summed E-state index contributed by atoms with van der Waals surface area (Å²) in [7, 11) is 0. The van der Waals surface area contributed by atoms with Crippen LogP contribution in [0.1, 0.15) is 13.3 Å². The highest BCUT2D eigenvalue weighted by atomic mass is 19.1. The van der Waals surface area contributed by atoms with Crippen LogP contribution in [0.3, 0.4) is 0 Å². The first-order chi connectivity index (χ1) is 8.29. The molecule has 1 aromatic carbocycles. The predicted octanol–water partition coefficient (Wildman–Crippen LogP) is 3.07. The van der Waals surface area contributed by atoms with Crippen molar-refractivity contribution in [2.75, 3.05) is 6.61 Å². The molecule has 0 aliphatic heterocycles. The Balaban J connectivity index is 2.14. The van der Waals surface area contributed by atoms with E-state index in [-0.39, 0.29) is 5.82 Å². The normalized spacial score (nSPS) is 10.2. The Kier molecular flexibility index (Phi) is 3.65. The van der Waals surface area contributed by atoms with Crippen molar-refractivity contribution in [2.24, 2.45) is 0 Å². The summed E-state index contributed by atoms with van der Waals surface area (Å²) >= 11 is 0. The minimum absolute atomic E-state index is 0.260. The smallest absolute Gasteiger partial charge is 0.232 e. The molecule has 0 spiro atoms. The third kappa shape index (κ3) is 3.00. The van der Waals surface area contributed by atoms with Gasteiger partial charge >= 0.3 is 0 Å². The highest BCUT2D eigenvalue weighted by Crippen LogP contribution is 2.17. The van der Waals surface area contributed by atoms with Gasteiger partial charge < -0.3 is 4.74 Å². The van der Waals surface area contributed by atoms with Crippen LogP contribution in [0.15, 0.2) is 36.7 Å². The monoisotopic (exact) mass is 232 g/mol. The van der Waals surface area contributed by atoms with Crippen LogP contribution in [0.4, 0.5) is 4.39 Å². The largest absolute Gasteiger partial charge is 0.477 e. The molecule has 3 nitrogen and oxygen atoms in total. The van der Waals surface area contributed by atoms with Gasteiger partial charge in [-0.3, -0.25) is 0 Å². The zero-order valence-corrected chi connectivity index (χ0v) is 9.56. The van der Waals surface area contributed by atoms with Gasteiger partial charge in [-0.05, 0) is 30.7 Å². The molecule has 4 heteroatoms. The summed E-state index contributed by atoms with van der Waals surface area (Å²) in [6, 6.07) is 6.15. The summed E-state index contributed by atoms with van der Waals surface area (Å²) in [5, 5.41) is 0. The molecule has 0 aliphatic rings. The van der Waals surface area contributed by atoms with Gasteiger partial charge in [-0.1, -0.05) is 6.92 Å². The SMILES string of the molecule is CCCOc1cnc(-c2ccc(F)cc2)cn1.